The topological polar surface area (TPSA) is 64.8 Å². The molecule has 116 valence electrons. The standard InChI is InChI=1S/C15H21FN2O3/c1-15(2,3)21-14(19)18-4-5-20-13-11(9-18)6-10(8-17)7-12(13)16/h6-7H,4-5,8-9,17H2,1-3H3. The smallest absolute Gasteiger partial charge is 0.410 e. The number of hydrogen-bond donors (Lipinski definition) is 1. The number of benzene rings is 1. The summed E-state index contributed by atoms with van der Waals surface area (Å²) in [6.45, 7) is 6.47. The molecule has 0 fully saturated rings. The number of fused-ring (bicyclic) bond motifs is 1. The van der Waals surface area contributed by atoms with E-state index in [-0.39, 0.29) is 25.4 Å². The SMILES string of the molecule is CC(C)(C)OC(=O)N1CCOc2c(F)cc(CN)cc2C1. The van der Waals surface area contributed by atoms with Gasteiger partial charge in [-0.25, -0.2) is 9.18 Å². The minimum Gasteiger partial charge on any atom is -0.488 e. The molecule has 2 N–H and O–H groups in total. The Kier molecular flexibility index (Phi) is 4.37. The van der Waals surface area contributed by atoms with Crippen LogP contribution in [0.5, 0.6) is 5.75 Å². The Bertz CT molecular complexity index is 540. The Morgan fingerprint density at radius 1 is 1.48 bits per heavy atom. The quantitative estimate of drug-likeness (QED) is 0.864. The number of nitrogens with two attached hydrogens (primary N) is 1. The fraction of sp³-hybridized carbons (Fsp3) is 0.533. The molecule has 1 aromatic rings. The van der Waals surface area contributed by atoms with Gasteiger partial charge in [0.15, 0.2) is 11.6 Å². The molecule has 21 heavy (non-hydrogen) atoms. The summed E-state index contributed by atoms with van der Waals surface area (Å²) in [5.74, 6) is -0.253. The molecule has 5 nitrogen and oxygen atoms in total. The zero-order chi connectivity index (χ0) is 15.6. The summed E-state index contributed by atoms with van der Waals surface area (Å²) >= 11 is 0. The summed E-state index contributed by atoms with van der Waals surface area (Å²) in [7, 11) is 0. The van der Waals surface area contributed by atoms with Crippen molar-refractivity contribution in [3.63, 3.8) is 0 Å². The lowest BCUT2D eigenvalue weighted by Gasteiger charge is -2.26. The molecule has 0 spiro atoms. The van der Waals surface area contributed by atoms with Gasteiger partial charge < -0.3 is 20.1 Å². The molecule has 0 saturated heterocycles. The molecule has 0 radical (unpaired) electrons. The van der Waals surface area contributed by atoms with Gasteiger partial charge in [0.05, 0.1) is 13.1 Å². The maximum Gasteiger partial charge on any atom is 0.410 e. The molecule has 0 aromatic heterocycles. The van der Waals surface area contributed by atoms with E-state index < -0.39 is 17.5 Å². The molecular weight excluding hydrogens is 275 g/mol. The van der Waals surface area contributed by atoms with Gasteiger partial charge >= 0.3 is 6.09 Å². The van der Waals surface area contributed by atoms with Gasteiger partial charge in [0.1, 0.15) is 12.2 Å². The van der Waals surface area contributed by atoms with Crippen molar-refractivity contribution in [1.29, 1.82) is 0 Å². The maximum atomic E-state index is 14.0. The van der Waals surface area contributed by atoms with Gasteiger partial charge in [-0.3, -0.25) is 0 Å². The third-order valence-corrected chi connectivity index (χ3v) is 3.04. The van der Waals surface area contributed by atoms with E-state index in [0.717, 1.165) is 0 Å². The van der Waals surface area contributed by atoms with Gasteiger partial charge in [-0.2, -0.15) is 0 Å². The van der Waals surface area contributed by atoms with Crippen LogP contribution in [-0.2, 0) is 17.8 Å². The van der Waals surface area contributed by atoms with Crippen LogP contribution in [-0.4, -0.2) is 29.7 Å². The average molecular weight is 296 g/mol. The van der Waals surface area contributed by atoms with Crippen molar-refractivity contribution < 1.29 is 18.7 Å². The Balaban J connectivity index is 2.24. The highest BCUT2D eigenvalue weighted by molar-refractivity contribution is 5.68. The molecular formula is C15H21FN2O3. The molecule has 6 heteroatoms. The zero-order valence-corrected chi connectivity index (χ0v) is 12.6. The first-order chi connectivity index (χ1) is 9.80. The monoisotopic (exact) mass is 296 g/mol. The number of halogens is 1. The molecule has 1 aliphatic rings. The van der Waals surface area contributed by atoms with Gasteiger partial charge in [-0.15, -0.1) is 0 Å². The first kappa shape index (κ1) is 15.6. The fourth-order valence-corrected chi connectivity index (χ4v) is 2.13. The summed E-state index contributed by atoms with van der Waals surface area (Å²) in [5, 5.41) is 0. The van der Waals surface area contributed by atoms with Crippen LogP contribution in [0.2, 0.25) is 0 Å². The number of carbonyl (C=O) groups is 1. The lowest BCUT2D eigenvalue weighted by molar-refractivity contribution is 0.0225. The van der Waals surface area contributed by atoms with Gasteiger partial charge in [-0.05, 0) is 38.5 Å². The lowest BCUT2D eigenvalue weighted by Crippen LogP contribution is -2.37. The minimum absolute atomic E-state index is 0.193. The molecule has 2 rings (SSSR count). The molecule has 1 aromatic carbocycles. The molecule has 1 aliphatic heterocycles. The Labute approximate surface area is 123 Å². The molecule has 0 atom stereocenters. The number of carbonyl (C=O) groups excluding carboxylic acids is 1. The van der Waals surface area contributed by atoms with Crippen molar-refractivity contribution in [3.05, 3.63) is 29.1 Å². The van der Waals surface area contributed by atoms with Crippen LogP contribution in [0, 0.1) is 5.82 Å². The second kappa shape index (κ2) is 5.89. The average Bonchev–Trinajstić information content (AvgIpc) is 2.59. The van der Waals surface area contributed by atoms with Crippen molar-refractivity contribution >= 4 is 6.09 Å². The molecule has 1 heterocycles. The lowest BCUT2D eigenvalue weighted by atomic mass is 10.1. The van der Waals surface area contributed by atoms with E-state index in [4.69, 9.17) is 15.2 Å². The number of rotatable bonds is 1. The van der Waals surface area contributed by atoms with Crippen molar-refractivity contribution in [2.24, 2.45) is 5.73 Å². The number of nitrogens with zero attached hydrogens (tertiary/aromatic N) is 1. The van der Waals surface area contributed by atoms with Gasteiger partial charge in [0.2, 0.25) is 0 Å². The minimum atomic E-state index is -0.572. The van der Waals surface area contributed by atoms with E-state index in [9.17, 15) is 9.18 Å². The van der Waals surface area contributed by atoms with Crippen LogP contribution < -0.4 is 10.5 Å². The number of ether oxygens (including phenoxy) is 2. The van der Waals surface area contributed by atoms with E-state index in [0.29, 0.717) is 17.7 Å². The first-order valence-electron chi connectivity index (χ1n) is 6.92. The Hall–Kier alpha value is -1.82. The van der Waals surface area contributed by atoms with Crippen molar-refractivity contribution in [3.8, 4) is 5.75 Å². The largest absolute Gasteiger partial charge is 0.488 e. The van der Waals surface area contributed by atoms with Crippen LogP contribution in [0.4, 0.5) is 9.18 Å². The Morgan fingerprint density at radius 2 is 2.19 bits per heavy atom. The zero-order valence-electron chi connectivity index (χ0n) is 12.6. The fourth-order valence-electron chi connectivity index (χ4n) is 2.13. The summed E-state index contributed by atoms with van der Waals surface area (Å²) in [6, 6.07) is 3.13. The van der Waals surface area contributed by atoms with Crippen LogP contribution in [0.3, 0.4) is 0 Å². The van der Waals surface area contributed by atoms with Crippen molar-refractivity contribution in [1.82, 2.24) is 4.90 Å². The molecule has 0 saturated carbocycles. The normalized spacial score (nSPS) is 15.0. The van der Waals surface area contributed by atoms with Crippen LogP contribution in [0.25, 0.3) is 0 Å². The highest BCUT2D eigenvalue weighted by Crippen LogP contribution is 2.28. The first-order valence-corrected chi connectivity index (χ1v) is 6.92. The van der Waals surface area contributed by atoms with E-state index in [1.54, 1.807) is 26.8 Å². The van der Waals surface area contributed by atoms with Gasteiger partial charge in [0, 0.05) is 12.1 Å². The van der Waals surface area contributed by atoms with E-state index in [1.807, 2.05) is 0 Å². The summed E-state index contributed by atoms with van der Waals surface area (Å²) in [5.41, 5.74) is 6.26. The maximum absolute atomic E-state index is 14.0. The molecule has 0 aliphatic carbocycles. The predicted molar refractivity (Wildman–Crippen MR) is 76.4 cm³/mol. The van der Waals surface area contributed by atoms with Crippen molar-refractivity contribution in [2.75, 3.05) is 13.2 Å². The van der Waals surface area contributed by atoms with E-state index >= 15 is 0 Å². The highest BCUT2D eigenvalue weighted by atomic mass is 19.1. The van der Waals surface area contributed by atoms with Gasteiger partial charge in [-0.1, -0.05) is 0 Å². The molecule has 0 bridgehead atoms. The van der Waals surface area contributed by atoms with Crippen LogP contribution in [0.15, 0.2) is 12.1 Å². The van der Waals surface area contributed by atoms with Gasteiger partial charge in [0.25, 0.3) is 0 Å². The predicted octanol–water partition coefficient (Wildman–Crippen LogP) is 2.41. The number of amides is 1. The third kappa shape index (κ3) is 3.85. The third-order valence-electron chi connectivity index (χ3n) is 3.04. The molecule has 0 unspecified atom stereocenters. The van der Waals surface area contributed by atoms with Crippen molar-refractivity contribution in [2.45, 2.75) is 39.5 Å². The summed E-state index contributed by atoms with van der Waals surface area (Å²) in [6.07, 6.45) is -0.433. The van der Waals surface area contributed by atoms with E-state index in [2.05, 4.69) is 0 Å². The number of hydrogen-bond acceptors (Lipinski definition) is 4. The second-order valence-electron chi connectivity index (χ2n) is 6.02. The molecule has 1 amide bonds. The van der Waals surface area contributed by atoms with E-state index in [1.165, 1.54) is 11.0 Å². The summed E-state index contributed by atoms with van der Waals surface area (Å²) in [4.78, 5) is 13.7. The van der Waals surface area contributed by atoms with Crippen LogP contribution >= 0.6 is 0 Å². The Morgan fingerprint density at radius 3 is 2.81 bits per heavy atom. The van der Waals surface area contributed by atoms with Crippen LogP contribution in [0.1, 0.15) is 31.9 Å². The summed E-state index contributed by atoms with van der Waals surface area (Å²) < 4.78 is 24.8. The highest BCUT2D eigenvalue weighted by Gasteiger charge is 2.26. The second-order valence-corrected chi connectivity index (χ2v) is 6.02.